The van der Waals surface area contributed by atoms with Gasteiger partial charge in [0.15, 0.2) is 0 Å². The van der Waals surface area contributed by atoms with Crippen LogP contribution in [0.3, 0.4) is 0 Å². The van der Waals surface area contributed by atoms with Crippen molar-refractivity contribution < 1.29 is 14.4 Å². The third-order valence-electron chi connectivity index (χ3n) is 0.239. The first-order chi connectivity index (χ1) is 2.94. The van der Waals surface area contributed by atoms with Crippen molar-refractivity contribution in [1.82, 2.24) is 0 Å². The Morgan fingerprint density at radius 1 is 1.43 bits per heavy atom. The van der Waals surface area contributed by atoms with Gasteiger partial charge in [0.25, 0.3) is 0 Å². The van der Waals surface area contributed by atoms with Crippen LogP contribution in [0.5, 0.6) is 0 Å². The van der Waals surface area contributed by atoms with Gasteiger partial charge in [0, 0.05) is 0 Å². The third kappa shape index (κ3) is 3.67. The van der Waals surface area contributed by atoms with Crippen molar-refractivity contribution in [3.8, 4) is 0 Å². The third-order valence-corrected chi connectivity index (χ3v) is 3.73. The number of hydrogen-bond donors (Lipinski definition) is 0. The van der Waals surface area contributed by atoms with E-state index in [1.807, 2.05) is 0 Å². The molecule has 0 aromatic heterocycles. The van der Waals surface area contributed by atoms with Crippen LogP contribution in [0.1, 0.15) is 0 Å². The summed E-state index contributed by atoms with van der Waals surface area (Å²) >= 11 is 5.05. The highest BCUT2D eigenvalue weighted by Gasteiger charge is 1.99. The number of hydrogen-bond acceptors (Lipinski definition) is 3. The van der Waals surface area contributed by atoms with Crippen LogP contribution in [-0.2, 0) is 4.57 Å². The smallest absolute Gasteiger partial charge is 0.0967 e. The Morgan fingerprint density at radius 2 is 1.57 bits per heavy atom. The quantitative estimate of drug-likeness (QED) is 0.486. The minimum absolute atomic E-state index is 1.13. The molecule has 7 heavy (non-hydrogen) atoms. The summed E-state index contributed by atoms with van der Waals surface area (Å²) in [5.41, 5.74) is 0. The summed E-state index contributed by atoms with van der Waals surface area (Å²) in [6.07, 6.45) is 0. The average molecular weight is 252 g/mol. The maximum Gasteiger partial charge on any atom is 0.0967 e. The standard InChI is InChI=1S/CH3Br2O3P/c2-1(3)7(4,5)6/h1H,(H2,4,5,6)/p-2. The van der Waals surface area contributed by atoms with Crippen molar-refractivity contribution in [1.29, 1.82) is 0 Å². The molecule has 0 radical (unpaired) electrons. The Hall–Kier alpha value is 1.11. The number of halogens is 2. The fourth-order valence-electron chi connectivity index (χ4n) is 0. The molecule has 0 aliphatic carbocycles. The van der Waals surface area contributed by atoms with Gasteiger partial charge in [-0.05, 0) is 7.60 Å². The van der Waals surface area contributed by atoms with Gasteiger partial charge in [-0.1, -0.05) is 31.9 Å². The molecule has 0 N–H and O–H groups in total. The first kappa shape index (κ1) is 8.11. The molecule has 0 fully saturated rings. The Bertz CT molecular complexity index is 95.1. The zero-order valence-electron chi connectivity index (χ0n) is 3.01. The van der Waals surface area contributed by atoms with Gasteiger partial charge < -0.3 is 14.4 Å². The molecule has 0 rings (SSSR count). The normalized spacial score (nSPS) is 12.7. The molecule has 0 aromatic rings. The van der Waals surface area contributed by atoms with Crippen molar-refractivity contribution in [2.45, 2.75) is 3.48 Å². The molecule has 0 atom stereocenters. The molecule has 0 aromatic carbocycles. The van der Waals surface area contributed by atoms with Crippen molar-refractivity contribution in [3.63, 3.8) is 0 Å². The number of rotatable bonds is 1. The molecule has 0 spiro atoms. The molecule has 44 valence electrons. The zero-order chi connectivity index (χ0) is 6.08. The maximum absolute atomic E-state index is 9.71. The molecule has 0 heterocycles. The molecule has 0 aliphatic rings. The average Bonchev–Trinajstić information content (AvgIpc) is 1.31. The van der Waals surface area contributed by atoms with Gasteiger partial charge in [0.05, 0.1) is 3.48 Å². The molecule has 3 nitrogen and oxygen atoms in total. The summed E-state index contributed by atoms with van der Waals surface area (Å²) in [6, 6.07) is 0. The van der Waals surface area contributed by atoms with E-state index >= 15 is 0 Å². The number of alkyl halides is 2. The minimum atomic E-state index is -4.40. The van der Waals surface area contributed by atoms with Crippen molar-refractivity contribution in [2.24, 2.45) is 0 Å². The van der Waals surface area contributed by atoms with Crippen LogP contribution >= 0.6 is 39.5 Å². The zero-order valence-corrected chi connectivity index (χ0v) is 7.07. The van der Waals surface area contributed by atoms with E-state index in [0.717, 1.165) is 0 Å². The second-order valence-corrected chi connectivity index (χ2v) is 6.89. The van der Waals surface area contributed by atoms with Gasteiger partial charge >= 0.3 is 0 Å². The molecule has 0 bridgehead atoms. The highest BCUT2D eigenvalue weighted by Crippen LogP contribution is 2.39. The lowest BCUT2D eigenvalue weighted by atomic mass is 11.9. The van der Waals surface area contributed by atoms with Gasteiger partial charge in [-0.2, -0.15) is 0 Å². The summed E-state index contributed by atoms with van der Waals surface area (Å²) in [4.78, 5) is 19.4. The van der Waals surface area contributed by atoms with E-state index < -0.39 is 11.1 Å². The fraction of sp³-hybridized carbons (Fsp3) is 1.00. The summed E-state index contributed by atoms with van der Waals surface area (Å²) < 4.78 is 8.58. The molecule has 0 saturated heterocycles. The van der Waals surface area contributed by atoms with Crippen LogP contribution in [0.25, 0.3) is 0 Å². The topological polar surface area (TPSA) is 63.2 Å². The van der Waals surface area contributed by atoms with Crippen LogP contribution in [0.15, 0.2) is 0 Å². The van der Waals surface area contributed by atoms with Gasteiger partial charge in [-0.3, -0.25) is 0 Å². The van der Waals surface area contributed by atoms with Crippen LogP contribution in [-0.4, -0.2) is 3.48 Å². The molecule has 6 heteroatoms. The lowest BCUT2D eigenvalue weighted by Crippen LogP contribution is -2.17. The van der Waals surface area contributed by atoms with Crippen molar-refractivity contribution in [2.75, 3.05) is 0 Å². The molecule has 0 amide bonds. The van der Waals surface area contributed by atoms with Gasteiger partial charge in [0.2, 0.25) is 0 Å². The van der Waals surface area contributed by atoms with E-state index in [9.17, 15) is 14.4 Å². The second-order valence-electron chi connectivity index (χ2n) is 0.817. The van der Waals surface area contributed by atoms with E-state index in [1.54, 1.807) is 0 Å². The van der Waals surface area contributed by atoms with E-state index in [2.05, 4.69) is 31.9 Å². The fourth-order valence-corrected chi connectivity index (χ4v) is 0. The highest BCUT2D eigenvalue weighted by atomic mass is 79.9. The lowest BCUT2D eigenvalue weighted by Gasteiger charge is -2.30. The van der Waals surface area contributed by atoms with Crippen LogP contribution < -0.4 is 9.79 Å². The van der Waals surface area contributed by atoms with Gasteiger partial charge in [-0.25, -0.2) is 0 Å². The Kier molecular flexibility index (Phi) is 3.01. The molecular weight excluding hydrogens is 251 g/mol. The second kappa shape index (κ2) is 2.60. The molecule has 0 aliphatic heterocycles. The van der Waals surface area contributed by atoms with E-state index in [4.69, 9.17) is 0 Å². The Labute approximate surface area is 57.5 Å². The van der Waals surface area contributed by atoms with E-state index in [0.29, 0.717) is 0 Å². The van der Waals surface area contributed by atoms with Crippen LogP contribution in [0.2, 0.25) is 0 Å². The van der Waals surface area contributed by atoms with Gasteiger partial charge in [0.1, 0.15) is 0 Å². The van der Waals surface area contributed by atoms with Crippen molar-refractivity contribution in [3.05, 3.63) is 0 Å². The Morgan fingerprint density at radius 3 is 1.57 bits per heavy atom. The summed E-state index contributed by atoms with van der Waals surface area (Å²) in [5, 5.41) is 0. The van der Waals surface area contributed by atoms with Crippen molar-refractivity contribution >= 4 is 39.5 Å². The first-order valence-corrected chi connectivity index (χ1v) is 4.69. The molecular formula is CHBr2O3P-2. The van der Waals surface area contributed by atoms with Gasteiger partial charge in [-0.15, -0.1) is 0 Å². The Balaban J connectivity index is 3.80. The lowest BCUT2D eigenvalue weighted by molar-refractivity contribution is -0.312. The minimum Gasteiger partial charge on any atom is -0.809 e. The van der Waals surface area contributed by atoms with E-state index in [-0.39, 0.29) is 0 Å². The largest absolute Gasteiger partial charge is 0.809 e. The highest BCUT2D eigenvalue weighted by molar-refractivity contribution is 9.26. The molecule has 0 unspecified atom stereocenters. The van der Waals surface area contributed by atoms with Crippen LogP contribution in [0.4, 0.5) is 0 Å². The van der Waals surface area contributed by atoms with Crippen LogP contribution in [0, 0.1) is 0 Å². The summed E-state index contributed by atoms with van der Waals surface area (Å²) in [5.74, 6) is 0. The monoisotopic (exact) mass is 250 g/mol. The van der Waals surface area contributed by atoms with E-state index in [1.165, 1.54) is 0 Å². The maximum atomic E-state index is 9.71. The summed E-state index contributed by atoms with van der Waals surface area (Å²) in [7, 11) is -4.40. The predicted octanol–water partition coefficient (Wildman–Crippen LogP) is -0.0265. The first-order valence-electron chi connectivity index (χ1n) is 1.24. The predicted molar refractivity (Wildman–Crippen MR) is 29.2 cm³/mol. The molecule has 0 saturated carbocycles. The summed E-state index contributed by atoms with van der Waals surface area (Å²) in [6.45, 7) is 0. The SMILES string of the molecule is O=P([O-])([O-])C(Br)Br.